The number of para-hydroxylation sites is 1. The summed E-state index contributed by atoms with van der Waals surface area (Å²) in [6.07, 6.45) is 3.75. The van der Waals surface area contributed by atoms with Gasteiger partial charge >= 0.3 is 5.97 Å². The molecule has 0 aliphatic carbocycles. The molecule has 4 rings (SSSR count). The summed E-state index contributed by atoms with van der Waals surface area (Å²) in [4.78, 5) is 16.4. The van der Waals surface area contributed by atoms with E-state index in [1.165, 1.54) is 12.7 Å². The number of methoxy groups -OCH3 is 1. The van der Waals surface area contributed by atoms with Gasteiger partial charge in [0.15, 0.2) is 0 Å². The number of hydrogen-bond donors (Lipinski definition) is 2. The van der Waals surface area contributed by atoms with Crippen molar-refractivity contribution in [3.05, 3.63) is 112 Å². The number of ether oxygens (including phenoxy) is 1. The van der Waals surface area contributed by atoms with Gasteiger partial charge in [0.1, 0.15) is 0 Å². The summed E-state index contributed by atoms with van der Waals surface area (Å²) >= 11 is 3.52. The molecule has 0 bridgehead atoms. The molecule has 2 N–H and O–H groups in total. The molecule has 0 saturated carbocycles. The number of esters is 1. The molecule has 1 unspecified atom stereocenters. The van der Waals surface area contributed by atoms with E-state index in [1.54, 1.807) is 6.20 Å². The van der Waals surface area contributed by atoms with Crippen molar-refractivity contribution in [3.63, 3.8) is 0 Å². The molecule has 0 spiro atoms. The number of fused-ring (bicyclic) bond motifs is 1. The third-order valence-electron chi connectivity index (χ3n) is 6.01. The van der Waals surface area contributed by atoms with Crippen molar-refractivity contribution >= 4 is 38.5 Å². The van der Waals surface area contributed by atoms with E-state index in [0.29, 0.717) is 5.57 Å². The van der Waals surface area contributed by atoms with Crippen LogP contribution in [0.15, 0.2) is 95.2 Å². The Morgan fingerprint density at radius 1 is 1.00 bits per heavy atom. The molecule has 0 fully saturated rings. The van der Waals surface area contributed by atoms with Crippen LogP contribution in [0.5, 0.6) is 0 Å². The molecule has 0 aliphatic heterocycles. The molecule has 0 aliphatic rings. The predicted molar refractivity (Wildman–Crippen MR) is 143 cm³/mol. The molecule has 174 valence electrons. The van der Waals surface area contributed by atoms with Crippen molar-refractivity contribution in [2.75, 3.05) is 12.4 Å². The summed E-state index contributed by atoms with van der Waals surface area (Å²) in [6.45, 7) is 6.57. The van der Waals surface area contributed by atoms with Crippen LogP contribution in [0.25, 0.3) is 10.9 Å². The Morgan fingerprint density at radius 2 is 1.68 bits per heavy atom. The maximum Gasteiger partial charge on any atom is 0.336 e. The van der Waals surface area contributed by atoms with Crippen LogP contribution in [0, 0.1) is 0 Å². The number of hydrogen-bond acceptors (Lipinski definition) is 3. The second-order valence-electron chi connectivity index (χ2n) is 9.34. The van der Waals surface area contributed by atoms with Gasteiger partial charge < -0.3 is 15.0 Å². The highest BCUT2D eigenvalue weighted by molar-refractivity contribution is 9.10. The molecule has 5 heteroatoms. The van der Waals surface area contributed by atoms with E-state index in [1.807, 2.05) is 60.8 Å². The zero-order chi connectivity index (χ0) is 24.3. The van der Waals surface area contributed by atoms with Gasteiger partial charge in [0.05, 0.1) is 12.7 Å². The smallest absolute Gasteiger partial charge is 0.336 e. The van der Waals surface area contributed by atoms with Gasteiger partial charge in [-0.05, 0) is 52.4 Å². The third-order valence-corrected chi connectivity index (χ3v) is 6.54. The van der Waals surface area contributed by atoms with Gasteiger partial charge in [0.25, 0.3) is 0 Å². The lowest BCUT2D eigenvalue weighted by atomic mass is 9.85. The normalized spacial score (nSPS) is 13.0. The largest absolute Gasteiger partial charge is 0.466 e. The van der Waals surface area contributed by atoms with Crippen LogP contribution in [0.2, 0.25) is 0 Å². The van der Waals surface area contributed by atoms with E-state index < -0.39 is 0 Å². The summed E-state index contributed by atoms with van der Waals surface area (Å²) in [6, 6.07) is 24.4. The molecule has 3 aromatic carbocycles. The first kappa shape index (κ1) is 23.8. The van der Waals surface area contributed by atoms with Crippen molar-refractivity contribution in [2.24, 2.45) is 0 Å². The van der Waals surface area contributed by atoms with Crippen LogP contribution in [0.3, 0.4) is 0 Å². The van der Waals surface area contributed by atoms with Gasteiger partial charge in [-0.1, -0.05) is 79.2 Å². The van der Waals surface area contributed by atoms with Gasteiger partial charge in [-0.3, -0.25) is 0 Å². The first-order chi connectivity index (χ1) is 16.3. The zero-order valence-corrected chi connectivity index (χ0v) is 21.4. The van der Waals surface area contributed by atoms with Crippen molar-refractivity contribution in [3.8, 4) is 0 Å². The monoisotopic (exact) mass is 516 g/mol. The lowest BCUT2D eigenvalue weighted by Crippen LogP contribution is -2.16. The molecule has 34 heavy (non-hydrogen) atoms. The summed E-state index contributed by atoms with van der Waals surface area (Å²) < 4.78 is 6.22. The number of anilines is 1. The number of H-pyrrole nitrogens is 1. The Morgan fingerprint density at radius 3 is 2.32 bits per heavy atom. The second kappa shape index (κ2) is 9.90. The van der Waals surface area contributed by atoms with Gasteiger partial charge in [-0.2, -0.15) is 0 Å². The molecule has 1 heterocycles. The number of aromatic amines is 1. The van der Waals surface area contributed by atoms with Gasteiger partial charge in [0.2, 0.25) is 0 Å². The highest BCUT2D eigenvalue weighted by atomic mass is 79.9. The Balaban J connectivity index is 1.80. The quantitative estimate of drug-likeness (QED) is 0.205. The van der Waals surface area contributed by atoms with Crippen LogP contribution in [-0.4, -0.2) is 18.1 Å². The minimum atomic E-state index is -0.378. The summed E-state index contributed by atoms with van der Waals surface area (Å²) in [5, 5.41) is 4.40. The lowest BCUT2D eigenvalue weighted by molar-refractivity contribution is -0.136. The highest BCUT2D eigenvalue weighted by Crippen LogP contribution is 2.37. The van der Waals surface area contributed by atoms with Gasteiger partial charge in [0, 0.05) is 39.4 Å². The molecule has 0 radical (unpaired) electrons. The number of benzene rings is 3. The lowest BCUT2D eigenvalue weighted by Gasteiger charge is -2.21. The third kappa shape index (κ3) is 5.10. The van der Waals surface area contributed by atoms with E-state index in [4.69, 9.17) is 4.74 Å². The van der Waals surface area contributed by atoms with E-state index in [2.05, 4.69) is 65.2 Å². The second-order valence-corrected chi connectivity index (χ2v) is 10.3. The van der Waals surface area contributed by atoms with E-state index >= 15 is 0 Å². The molecule has 0 saturated heterocycles. The Labute approximate surface area is 209 Å². The van der Waals surface area contributed by atoms with Crippen LogP contribution in [0.1, 0.15) is 43.4 Å². The van der Waals surface area contributed by atoms with Crippen molar-refractivity contribution in [2.45, 2.75) is 32.1 Å². The van der Waals surface area contributed by atoms with Gasteiger partial charge in [-0.15, -0.1) is 0 Å². The summed E-state index contributed by atoms with van der Waals surface area (Å²) in [5.74, 6) is -0.699. The summed E-state index contributed by atoms with van der Waals surface area (Å²) in [7, 11) is 1.42. The molecule has 1 atom stereocenters. The molecule has 1 aromatic heterocycles. The molecular formula is C29H29BrN2O2. The highest BCUT2D eigenvalue weighted by Gasteiger charge is 2.28. The van der Waals surface area contributed by atoms with Crippen LogP contribution < -0.4 is 5.32 Å². The topological polar surface area (TPSA) is 54.1 Å². The number of aromatic nitrogens is 1. The van der Waals surface area contributed by atoms with Crippen LogP contribution >= 0.6 is 15.9 Å². The minimum Gasteiger partial charge on any atom is -0.466 e. The number of carbonyl (C=O) groups is 1. The van der Waals surface area contributed by atoms with Crippen molar-refractivity contribution < 1.29 is 9.53 Å². The van der Waals surface area contributed by atoms with E-state index in [-0.39, 0.29) is 17.3 Å². The van der Waals surface area contributed by atoms with Crippen LogP contribution in [0.4, 0.5) is 5.69 Å². The number of nitrogens with one attached hydrogen (secondary N) is 2. The zero-order valence-electron chi connectivity index (χ0n) is 19.9. The number of halogens is 1. The predicted octanol–water partition coefficient (Wildman–Crippen LogP) is 7.53. The van der Waals surface area contributed by atoms with E-state index in [0.717, 1.165) is 32.2 Å². The van der Waals surface area contributed by atoms with Crippen LogP contribution in [-0.2, 0) is 14.9 Å². The number of rotatable bonds is 6. The first-order valence-electron chi connectivity index (χ1n) is 11.2. The first-order valence-corrected chi connectivity index (χ1v) is 12.0. The average molecular weight is 517 g/mol. The fourth-order valence-corrected chi connectivity index (χ4v) is 4.38. The van der Waals surface area contributed by atoms with Crippen molar-refractivity contribution in [1.82, 2.24) is 4.98 Å². The maximum atomic E-state index is 13.1. The minimum absolute atomic E-state index is 0.0769. The van der Waals surface area contributed by atoms with Crippen molar-refractivity contribution in [1.29, 1.82) is 0 Å². The fourth-order valence-electron chi connectivity index (χ4n) is 4.12. The molecule has 4 nitrogen and oxygen atoms in total. The SMILES string of the molecule is COC(=O)/C(=C\Nc1ccc(C(C)(C)C)cc1)C(c1ccc(Br)cc1)c1c[nH]c2ccccc12. The van der Waals surface area contributed by atoms with E-state index in [9.17, 15) is 4.79 Å². The Kier molecular flexibility index (Phi) is 6.94. The van der Waals surface area contributed by atoms with Gasteiger partial charge in [-0.25, -0.2) is 4.79 Å². The molecular weight excluding hydrogens is 488 g/mol. The Bertz CT molecular complexity index is 1310. The number of carbonyl (C=O) groups excluding carboxylic acids is 1. The average Bonchev–Trinajstić information content (AvgIpc) is 3.25. The standard InChI is InChI=1S/C29H29BrN2O2/c1-29(2,3)20-11-15-22(16-12-20)31-18-25(28(33)34-4)27(19-9-13-21(30)14-10-19)24-17-32-26-8-6-5-7-23(24)26/h5-18,27,31-32H,1-4H3/b25-18-. The Hall–Kier alpha value is -3.31. The fraction of sp³-hybridized carbons (Fsp3) is 0.207. The maximum absolute atomic E-state index is 13.1. The molecule has 4 aromatic rings. The molecule has 0 amide bonds. The summed E-state index contributed by atoms with van der Waals surface area (Å²) in [5.41, 5.74) is 5.79.